The summed E-state index contributed by atoms with van der Waals surface area (Å²) in [6.07, 6.45) is -0.769. The highest BCUT2D eigenvalue weighted by Crippen LogP contribution is 2.17. The van der Waals surface area contributed by atoms with Crippen molar-refractivity contribution in [3.05, 3.63) is 34.9 Å². The van der Waals surface area contributed by atoms with E-state index in [0.29, 0.717) is 5.02 Å². The number of amides is 2. The molecule has 0 unspecified atom stereocenters. The van der Waals surface area contributed by atoms with E-state index in [2.05, 4.69) is 15.4 Å². The molecule has 0 aliphatic carbocycles. The van der Waals surface area contributed by atoms with E-state index in [4.69, 9.17) is 11.6 Å². The Hall–Kier alpha value is -1.59. The maximum Gasteiger partial charge on any atom is 0.413 e. The first-order valence-corrected chi connectivity index (χ1v) is 6.22. The molecule has 2 atom stereocenters. The van der Waals surface area contributed by atoms with Crippen LogP contribution in [0.3, 0.4) is 0 Å². The van der Waals surface area contributed by atoms with E-state index >= 15 is 0 Å². The monoisotopic (exact) mass is 284 g/mol. The van der Waals surface area contributed by atoms with Gasteiger partial charge in [0.25, 0.3) is 0 Å². The molecule has 0 saturated carbocycles. The van der Waals surface area contributed by atoms with Crippen LogP contribution < -0.4 is 10.6 Å². The van der Waals surface area contributed by atoms with Crippen molar-refractivity contribution in [2.24, 2.45) is 0 Å². The molecule has 1 aromatic carbocycles. The molecular weight excluding hydrogens is 268 g/mol. The van der Waals surface area contributed by atoms with Crippen LogP contribution in [-0.4, -0.2) is 25.2 Å². The van der Waals surface area contributed by atoms with Crippen LogP contribution in [0.15, 0.2) is 24.3 Å². The molecule has 1 aromatic rings. The second kappa shape index (κ2) is 7.11. The van der Waals surface area contributed by atoms with Gasteiger partial charge in [-0.25, -0.2) is 4.79 Å². The number of halogens is 1. The third kappa shape index (κ3) is 4.89. The first-order chi connectivity index (χ1) is 8.93. The summed E-state index contributed by atoms with van der Waals surface area (Å²) in [5.41, 5.74) is 0.963. The zero-order valence-corrected chi connectivity index (χ0v) is 11.8. The third-order valence-electron chi connectivity index (χ3n) is 2.65. The number of carbonyl (C=O) groups is 2. The molecule has 2 N–H and O–H groups in total. The number of ether oxygens (including phenoxy) is 1. The lowest BCUT2D eigenvalue weighted by Gasteiger charge is -2.19. The van der Waals surface area contributed by atoms with Crippen LogP contribution in [0.25, 0.3) is 0 Å². The molecule has 5 nitrogen and oxygen atoms in total. The van der Waals surface area contributed by atoms with Gasteiger partial charge in [0.2, 0.25) is 5.91 Å². The first-order valence-electron chi connectivity index (χ1n) is 5.84. The van der Waals surface area contributed by atoms with Crippen LogP contribution in [0.4, 0.5) is 4.79 Å². The maximum atomic E-state index is 11.6. The van der Waals surface area contributed by atoms with E-state index in [0.717, 1.165) is 5.56 Å². The van der Waals surface area contributed by atoms with Crippen molar-refractivity contribution in [3.8, 4) is 0 Å². The number of methoxy groups -OCH3 is 1. The van der Waals surface area contributed by atoms with Gasteiger partial charge in [-0.1, -0.05) is 23.7 Å². The molecule has 6 heteroatoms. The van der Waals surface area contributed by atoms with E-state index in [9.17, 15) is 9.59 Å². The molecular formula is C13H17ClN2O3. The van der Waals surface area contributed by atoms with Gasteiger partial charge in [-0.3, -0.25) is 15.4 Å². The quantitative estimate of drug-likeness (QED) is 0.890. The fraction of sp³-hybridized carbons (Fsp3) is 0.385. The molecule has 0 radical (unpaired) electrons. The molecule has 0 heterocycles. The highest BCUT2D eigenvalue weighted by atomic mass is 35.5. The lowest BCUT2D eigenvalue weighted by molar-refractivity contribution is -0.122. The van der Waals surface area contributed by atoms with Crippen molar-refractivity contribution in [1.29, 1.82) is 0 Å². The number of nitrogens with one attached hydrogen (secondary N) is 2. The summed E-state index contributed by atoms with van der Waals surface area (Å²) in [6.45, 7) is 3.58. The fourth-order valence-electron chi connectivity index (χ4n) is 1.58. The number of rotatable bonds is 4. The minimum atomic E-state index is -0.769. The first kappa shape index (κ1) is 15.5. The van der Waals surface area contributed by atoms with Crippen molar-refractivity contribution in [3.63, 3.8) is 0 Å². The van der Waals surface area contributed by atoms with Crippen molar-refractivity contribution >= 4 is 23.6 Å². The Labute approximate surface area is 117 Å². The fourth-order valence-corrected chi connectivity index (χ4v) is 1.78. The van der Waals surface area contributed by atoms with Gasteiger partial charge in [0, 0.05) is 11.1 Å². The molecule has 0 saturated heterocycles. The van der Waals surface area contributed by atoms with Gasteiger partial charge in [-0.05, 0) is 31.5 Å². The van der Waals surface area contributed by atoms with Gasteiger partial charge in [0.1, 0.15) is 0 Å². The van der Waals surface area contributed by atoms with Crippen LogP contribution in [0.2, 0.25) is 5.02 Å². The summed E-state index contributed by atoms with van der Waals surface area (Å²) in [7, 11) is 1.20. The Morgan fingerprint density at radius 1 is 1.32 bits per heavy atom. The number of imide groups is 1. The number of alkyl carbamates (subject to hydrolysis) is 1. The van der Waals surface area contributed by atoms with Gasteiger partial charge in [-0.2, -0.15) is 0 Å². The zero-order valence-electron chi connectivity index (χ0n) is 11.1. The summed E-state index contributed by atoms with van der Waals surface area (Å²) >= 11 is 5.91. The van der Waals surface area contributed by atoms with Crippen molar-refractivity contribution < 1.29 is 14.3 Å². The predicted octanol–water partition coefficient (Wildman–Crippen LogP) is 2.26. The molecule has 0 bridgehead atoms. The topological polar surface area (TPSA) is 67.4 Å². The summed E-state index contributed by atoms with van der Waals surface area (Å²) < 4.78 is 4.36. The number of hydrogen-bond acceptors (Lipinski definition) is 4. The summed E-state index contributed by atoms with van der Waals surface area (Å²) in [5, 5.41) is 5.82. The van der Waals surface area contributed by atoms with Crippen molar-refractivity contribution in [2.45, 2.75) is 25.9 Å². The smallest absolute Gasteiger partial charge is 0.413 e. The van der Waals surface area contributed by atoms with Gasteiger partial charge in [0.15, 0.2) is 0 Å². The lowest BCUT2D eigenvalue weighted by atomic mass is 10.1. The van der Waals surface area contributed by atoms with E-state index in [1.165, 1.54) is 7.11 Å². The minimum absolute atomic E-state index is 0.0721. The summed E-state index contributed by atoms with van der Waals surface area (Å²) in [5.74, 6) is -0.444. The largest absolute Gasteiger partial charge is 0.453 e. The molecule has 104 valence electrons. The van der Waals surface area contributed by atoms with Crippen molar-refractivity contribution in [1.82, 2.24) is 10.6 Å². The lowest BCUT2D eigenvalue weighted by Crippen LogP contribution is -2.45. The van der Waals surface area contributed by atoms with Crippen LogP contribution in [-0.2, 0) is 9.53 Å². The normalized spacial score (nSPS) is 13.5. The molecule has 0 aliphatic rings. The van der Waals surface area contributed by atoms with Gasteiger partial charge in [-0.15, -0.1) is 0 Å². The van der Waals surface area contributed by atoms with Crippen LogP contribution in [0, 0.1) is 0 Å². The maximum absolute atomic E-state index is 11.6. The van der Waals surface area contributed by atoms with E-state index < -0.39 is 18.0 Å². The van der Waals surface area contributed by atoms with E-state index in [1.807, 2.05) is 25.1 Å². The summed E-state index contributed by atoms with van der Waals surface area (Å²) in [6, 6.07) is 6.75. The third-order valence-corrected chi connectivity index (χ3v) is 2.89. The highest BCUT2D eigenvalue weighted by molar-refractivity contribution is 6.30. The van der Waals surface area contributed by atoms with Gasteiger partial charge >= 0.3 is 6.09 Å². The zero-order chi connectivity index (χ0) is 14.4. The van der Waals surface area contributed by atoms with Crippen LogP contribution >= 0.6 is 11.6 Å². The Morgan fingerprint density at radius 2 is 2.00 bits per heavy atom. The standard InChI is InChI=1S/C13H17ClN2O3/c1-8(10-5-4-6-11(14)7-10)15-9(2)12(17)16-13(18)19-3/h4-9,15H,1-3H3,(H,16,17,18)/t8-,9-/m1/s1. The SMILES string of the molecule is COC(=O)NC(=O)[C@@H](C)N[C@H](C)c1cccc(Cl)c1. The summed E-state index contributed by atoms with van der Waals surface area (Å²) in [4.78, 5) is 22.6. The molecule has 1 rings (SSSR count). The predicted molar refractivity (Wildman–Crippen MR) is 73.0 cm³/mol. The number of hydrogen-bond donors (Lipinski definition) is 2. The Morgan fingerprint density at radius 3 is 2.58 bits per heavy atom. The van der Waals surface area contributed by atoms with E-state index in [-0.39, 0.29) is 6.04 Å². The van der Waals surface area contributed by atoms with Crippen molar-refractivity contribution in [2.75, 3.05) is 7.11 Å². The van der Waals surface area contributed by atoms with Crippen LogP contribution in [0.1, 0.15) is 25.5 Å². The minimum Gasteiger partial charge on any atom is -0.453 e. The van der Waals surface area contributed by atoms with E-state index in [1.54, 1.807) is 13.0 Å². The molecule has 19 heavy (non-hydrogen) atoms. The molecule has 0 spiro atoms. The Bertz CT molecular complexity index is 465. The molecule has 0 aliphatic heterocycles. The van der Waals surface area contributed by atoms with Gasteiger partial charge in [0.05, 0.1) is 13.2 Å². The second-order valence-electron chi connectivity index (χ2n) is 4.15. The Kier molecular flexibility index (Phi) is 5.79. The van der Waals surface area contributed by atoms with Gasteiger partial charge < -0.3 is 4.74 Å². The number of benzene rings is 1. The molecule has 0 aromatic heterocycles. The highest BCUT2D eigenvalue weighted by Gasteiger charge is 2.18. The van der Waals surface area contributed by atoms with Crippen LogP contribution in [0.5, 0.6) is 0 Å². The molecule has 0 fully saturated rings. The average Bonchev–Trinajstić information content (AvgIpc) is 2.38. The number of carbonyl (C=O) groups excluding carboxylic acids is 2. The second-order valence-corrected chi connectivity index (χ2v) is 4.58. The molecule has 2 amide bonds. The average molecular weight is 285 g/mol. The Balaban J connectivity index is 2.58.